The van der Waals surface area contributed by atoms with E-state index in [1.165, 1.54) is 0 Å². The van der Waals surface area contributed by atoms with Gasteiger partial charge in [-0.3, -0.25) is 29.3 Å². The number of imide groups is 1. The molecule has 1 aliphatic rings. The van der Waals surface area contributed by atoms with Gasteiger partial charge in [0.15, 0.2) is 5.82 Å². The molecule has 0 bridgehead atoms. The molecule has 1 aliphatic heterocycles. The van der Waals surface area contributed by atoms with E-state index in [0.29, 0.717) is 43.1 Å². The van der Waals surface area contributed by atoms with Gasteiger partial charge in [-0.05, 0) is 38.9 Å². The molecule has 34 heavy (non-hydrogen) atoms. The molecular formula is C24H37N7O3. The zero-order valence-electron chi connectivity index (χ0n) is 20.9. The van der Waals surface area contributed by atoms with Crippen LogP contribution in [0, 0.1) is 0 Å². The third kappa shape index (κ3) is 5.92. The lowest BCUT2D eigenvalue weighted by Gasteiger charge is -2.44. The van der Waals surface area contributed by atoms with Crippen molar-refractivity contribution >= 4 is 40.6 Å². The van der Waals surface area contributed by atoms with Gasteiger partial charge in [0.25, 0.3) is 0 Å². The van der Waals surface area contributed by atoms with Crippen LogP contribution in [0.4, 0.5) is 11.5 Å². The minimum Gasteiger partial charge on any atom is -0.357 e. The van der Waals surface area contributed by atoms with E-state index in [4.69, 9.17) is 0 Å². The summed E-state index contributed by atoms with van der Waals surface area (Å²) >= 11 is 0. The van der Waals surface area contributed by atoms with E-state index >= 15 is 0 Å². The molecule has 0 aliphatic carbocycles. The fraction of sp³-hybridized carbons (Fsp3) is 0.583. The van der Waals surface area contributed by atoms with Gasteiger partial charge in [-0.25, -0.2) is 0 Å². The number of rotatable bonds is 10. The monoisotopic (exact) mass is 471 g/mol. The maximum absolute atomic E-state index is 13.0. The average Bonchev–Trinajstić information content (AvgIpc) is 3.13. The van der Waals surface area contributed by atoms with E-state index in [-0.39, 0.29) is 18.2 Å². The van der Waals surface area contributed by atoms with E-state index in [9.17, 15) is 14.4 Å². The number of para-hydroxylation sites is 1. The Morgan fingerprint density at radius 3 is 2.56 bits per heavy atom. The second-order valence-electron chi connectivity index (χ2n) is 9.18. The fourth-order valence-electron chi connectivity index (χ4n) is 4.85. The predicted molar refractivity (Wildman–Crippen MR) is 134 cm³/mol. The number of fused-ring (bicyclic) bond motifs is 1. The summed E-state index contributed by atoms with van der Waals surface area (Å²) in [4.78, 5) is 41.7. The second-order valence-corrected chi connectivity index (χ2v) is 9.18. The number of hydrogen-bond donors (Lipinski definition) is 2. The highest BCUT2D eigenvalue weighted by molar-refractivity contribution is 6.04. The third-order valence-corrected chi connectivity index (χ3v) is 6.42. The molecule has 186 valence electrons. The predicted octanol–water partition coefficient (Wildman–Crippen LogP) is 1.42. The van der Waals surface area contributed by atoms with Gasteiger partial charge in [0.1, 0.15) is 0 Å². The highest BCUT2D eigenvalue weighted by atomic mass is 16.2. The minimum atomic E-state index is -0.339. The number of carbonyl (C=O) groups excluding carboxylic acids is 3. The molecule has 0 radical (unpaired) electrons. The number of nitrogens with one attached hydrogen (secondary N) is 2. The Kier molecular flexibility index (Phi) is 8.62. The molecule has 2 aromatic rings. The second kappa shape index (κ2) is 11.4. The van der Waals surface area contributed by atoms with Gasteiger partial charge in [-0.2, -0.15) is 5.10 Å². The lowest BCUT2D eigenvalue weighted by molar-refractivity contribution is -0.125. The molecule has 2 N–H and O–H groups in total. The van der Waals surface area contributed by atoms with E-state index in [0.717, 1.165) is 37.0 Å². The van der Waals surface area contributed by atoms with Crippen LogP contribution in [0.5, 0.6) is 0 Å². The number of piperazine rings is 1. The molecule has 10 nitrogen and oxygen atoms in total. The molecule has 0 unspecified atom stereocenters. The van der Waals surface area contributed by atoms with E-state index in [1.54, 1.807) is 4.68 Å². The number of aromatic nitrogens is 2. The number of benzene rings is 1. The molecule has 1 fully saturated rings. The standard InChI is InChI=1S/C24H37N7O3/c1-6-11-30-13-17(2)31(18(3)14-30)15-22(34)26-20-9-7-8-19-23(20)29(5)27-24(19)28(4)12-10-21(33)25-16-32/h7-9,16-18H,6,10-15H2,1-5H3,(H,26,34)(H,25,32,33)/t17-,18+. The number of hydrogen-bond acceptors (Lipinski definition) is 7. The van der Waals surface area contributed by atoms with E-state index in [2.05, 4.69) is 46.3 Å². The van der Waals surface area contributed by atoms with Gasteiger partial charge < -0.3 is 15.1 Å². The summed E-state index contributed by atoms with van der Waals surface area (Å²) in [5.74, 6) is 0.326. The van der Waals surface area contributed by atoms with Crippen molar-refractivity contribution < 1.29 is 14.4 Å². The van der Waals surface area contributed by atoms with Crippen molar-refractivity contribution in [3.63, 3.8) is 0 Å². The van der Waals surface area contributed by atoms with Crippen molar-refractivity contribution in [3.8, 4) is 0 Å². The van der Waals surface area contributed by atoms with Crippen LogP contribution in [-0.2, 0) is 21.4 Å². The van der Waals surface area contributed by atoms with Crippen molar-refractivity contribution in [3.05, 3.63) is 18.2 Å². The van der Waals surface area contributed by atoms with Crippen LogP contribution in [0.25, 0.3) is 10.9 Å². The van der Waals surface area contributed by atoms with Crippen LogP contribution in [0.2, 0.25) is 0 Å². The Hall–Kier alpha value is -2.98. The quantitative estimate of drug-likeness (QED) is 0.505. The summed E-state index contributed by atoms with van der Waals surface area (Å²) in [5.41, 5.74) is 1.53. The lowest BCUT2D eigenvalue weighted by atomic mass is 10.1. The summed E-state index contributed by atoms with van der Waals surface area (Å²) in [6.45, 7) is 10.4. The summed E-state index contributed by atoms with van der Waals surface area (Å²) in [6, 6.07) is 6.35. The fourth-order valence-corrected chi connectivity index (χ4v) is 4.85. The van der Waals surface area contributed by atoms with Gasteiger partial charge in [-0.15, -0.1) is 0 Å². The average molecular weight is 472 g/mol. The van der Waals surface area contributed by atoms with Gasteiger partial charge >= 0.3 is 0 Å². The van der Waals surface area contributed by atoms with Crippen LogP contribution < -0.4 is 15.5 Å². The first-order chi connectivity index (χ1) is 16.2. The van der Waals surface area contributed by atoms with Gasteiger partial charge in [-0.1, -0.05) is 13.0 Å². The summed E-state index contributed by atoms with van der Waals surface area (Å²) < 4.78 is 1.75. The van der Waals surface area contributed by atoms with Crippen molar-refractivity contribution in [1.82, 2.24) is 24.9 Å². The highest BCUT2D eigenvalue weighted by Crippen LogP contribution is 2.30. The molecular weight excluding hydrogens is 434 g/mol. The molecule has 0 spiro atoms. The Labute approximate surface area is 201 Å². The van der Waals surface area contributed by atoms with Crippen molar-refractivity contribution in [2.45, 2.75) is 45.7 Å². The third-order valence-electron chi connectivity index (χ3n) is 6.42. The van der Waals surface area contributed by atoms with Crippen LogP contribution >= 0.6 is 0 Å². The molecule has 10 heteroatoms. The first kappa shape index (κ1) is 25.6. The molecule has 1 aromatic carbocycles. The highest BCUT2D eigenvalue weighted by Gasteiger charge is 2.30. The lowest BCUT2D eigenvalue weighted by Crippen LogP contribution is -2.58. The number of aryl methyl sites for hydroxylation is 1. The van der Waals surface area contributed by atoms with Crippen LogP contribution in [0.1, 0.15) is 33.6 Å². The van der Waals surface area contributed by atoms with Gasteiger partial charge in [0.05, 0.1) is 17.7 Å². The Bertz CT molecular complexity index is 1010. The first-order valence-electron chi connectivity index (χ1n) is 11.9. The van der Waals surface area contributed by atoms with Gasteiger partial charge in [0.2, 0.25) is 18.2 Å². The summed E-state index contributed by atoms with van der Waals surface area (Å²) in [6.07, 6.45) is 1.70. The molecule has 0 saturated carbocycles. The minimum absolute atomic E-state index is 0.0446. The largest absolute Gasteiger partial charge is 0.357 e. The molecule has 1 saturated heterocycles. The smallest absolute Gasteiger partial charge is 0.238 e. The number of amides is 3. The molecule has 2 heterocycles. The summed E-state index contributed by atoms with van der Waals surface area (Å²) in [5, 5.41) is 10.7. The van der Waals surface area contributed by atoms with Crippen LogP contribution in [0.3, 0.4) is 0 Å². The van der Waals surface area contributed by atoms with Crippen molar-refractivity contribution in [1.29, 1.82) is 0 Å². The molecule has 3 rings (SSSR count). The first-order valence-corrected chi connectivity index (χ1v) is 11.9. The number of anilines is 2. The maximum atomic E-state index is 13.0. The summed E-state index contributed by atoms with van der Waals surface area (Å²) in [7, 11) is 3.69. The molecule has 3 amide bonds. The maximum Gasteiger partial charge on any atom is 0.238 e. The molecule has 2 atom stereocenters. The Balaban J connectivity index is 1.71. The number of nitrogens with zero attached hydrogens (tertiary/aromatic N) is 5. The van der Waals surface area contributed by atoms with E-state index < -0.39 is 0 Å². The number of carbonyl (C=O) groups is 3. The van der Waals surface area contributed by atoms with Gasteiger partial charge in [0, 0.05) is 57.6 Å². The Morgan fingerprint density at radius 1 is 1.21 bits per heavy atom. The SMILES string of the molecule is CCCN1C[C@@H](C)N(CC(=O)Nc2cccc3c(N(C)CCC(=O)NC=O)nn(C)c23)[C@@H](C)C1. The van der Waals surface area contributed by atoms with Crippen molar-refractivity contribution in [2.75, 3.05) is 50.0 Å². The topological polar surface area (TPSA) is 103 Å². The van der Waals surface area contributed by atoms with Crippen molar-refractivity contribution in [2.24, 2.45) is 7.05 Å². The zero-order valence-corrected chi connectivity index (χ0v) is 20.9. The zero-order chi connectivity index (χ0) is 24.8. The normalized spacial score (nSPS) is 19.2. The van der Waals surface area contributed by atoms with Crippen LogP contribution in [0.15, 0.2) is 18.2 Å². The van der Waals surface area contributed by atoms with E-state index in [1.807, 2.05) is 37.2 Å². The van der Waals surface area contributed by atoms with Crippen LogP contribution in [-0.4, -0.2) is 89.7 Å². The molecule has 1 aromatic heterocycles. The Morgan fingerprint density at radius 2 is 1.91 bits per heavy atom.